The summed E-state index contributed by atoms with van der Waals surface area (Å²) in [6.07, 6.45) is 0. The van der Waals surface area contributed by atoms with Crippen molar-refractivity contribution < 1.29 is 19.1 Å². The van der Waals surface area contributed by atoms with E-state index in [4.69, 9.17) is 9.47 Å². The summed E-state index contributed by atoms with van der Waals surface area (Å²) < 4.78 is 11.6. The van der Waals surface area contributed by atoms with Crippen LogP contribution >= 0.6 is 0 Å². The zero-order valence-corrected chi connectivity index (χ0v) is 20.6. The van der Waals surface area contributed by atoms with Gasteiger partial charge in [-0.15, -0.1) is 0 Å². The lowest BCUT2D eigenvalue weighted by atomic mass is 10.1. The molecule has 2 unspecified atom stereocenters. The lowest BCUT2D eigenvalue weighted by Crippen LogP contribution is -2.60. The van der Waals surface area contributed by atoms with E-state index in [-0.39, 0.29) is 37.1 Å². The van der Waals surface area contributed by atoms with Crippen molar-refractivity contribution in [2.75, 3.05) is 26.3 Å². The van der Waals surface area contributed by atoms with Crippen molar-refractivity contribution >= 4 is 33.4 Å². The number of benzene rings is 4. The number of hydrogen-bond acceptors (Lipinski definition) is 4. The Hall–Kier alpha value is -4.06. The van der Waals surface area contributed by atoms with Crippen molar-refractivity contribution in [2.45, 2.75) is 25.9 Å². The van der Waals surface area contributed by atoms with Gasteiger partial charge in [-0.1, -0.05) is 60.7 Å². The molecule has 2 atom stereocenters. The molecule has 0 N–H and O–H groups in total. The molecule has 1 aliphatic rings. The summed E-state index contributed by atoms with van der Waals surface area (Å²) in [5.41, 5.74) is 0. The number of fused-ring (bicyclic) bond motifs is 2. The van der Waals surface area contributed by atoms with Gasteiger partial charge in [0.1, 0.15) is 11.5 Å². The second-order valence-electron chi connectivity index (χ2n) is 9.39. The largest absolute Gasteiger partial charge is 0.484 e. The Labute approximate surface area is 211 Å². The molecule has 4 aromatic carbocycles. The van der Waals surface area contributed by atoms with Crippen LogP contribution in [0.3, 0.4) is 0 Å². The van der Waals surface area contributed by atoms with E-state index in [1.54, 1.807) is 9.80 Å². The average molecular weight is 483 g/mol. The van der Waals surface area contributed by atoms with Crippen LogP contribution < -0.4 is 9.47 Å². The van der Waals surface area contributed by atoms with E-state index in [0.717, 1.165) is 21.5 Å². The molecule has 184 valence electrons. The summed E-state index contributed by atoms with van der Waals surface area (Å²) in [5, 5.41) is 4.40. The summed E-state index contributed by atoms with van der Waals surface area (Å²) in [6, 6.07) is 27.5. The third kappa shape index (κ3) is 5.13. The normalized spacial score (nSPS) is 17.8. The van der Waals surface area contributed by atoms with Crippen molar-refractivity contribution in [3.8, 4) is 11.5 Å². The summed E-state index contributed by atoms with van der Waals surface area (Å²) in [7, 11) is 0. The molecule has 0 bridgehead atoms. The van der Waals surface area contributed by atoms with Gasteiger partial charge in [-0.3, -0.25) is 9.59 Å². The predicted octanol–water partition coefficient (Wildman–Crippen LogP) is 4.90. The quantitative estimate of drug-likeness (QED) is 0.392. The highest BCUT2D eigenvalue weighted by molar-refractivity contribution is 5.85. The van der Waals surface area contributed by atoms with E-state index in [2.05, 4.69) is 0 Å². The minimum Gasteiger partial charge on any atom is -0.484 e. The molecule has 1 heterocycles. The minimum atomic E-state index is -0.112. The molecular weight excluding hydrogens is 452 g/mol. The van der Waals surface area contributed by atoms with Gasteiger partial charge in [0.2, 0.25) is 0 Å². The Bertz CT molecular complexity index is 1290. The van der Waals surface area contributed by atoms with E-state index in [1.165, 1.54) is 0 Å². The molecule has 1 fully saturated rings. The van der Waals surface area contributed by atoms with E-state index < -0.39 is 0 Å². The summed E-state index contributed by atoms with van der Waals surface area (Å²) >= 11 is 0. The average Bonchev–Trinajstić information content (AvgIpc) is 2.91. The number of hydrogen-bond donors (Lipinski definition) is 0. The van der Waals surface area contributed by atoms with Gasteiger partial charge in [0.15, 0.2) is 13.2 Å². The topological polar surface area (TPSA) is 59.1 Å². The first kappa shape index (κ1) is 23.7. The van der Waals surface area contributed by atoms with Crippen LogP contribution in [0.5, 0.6) is 11.5 Å². The Kier molecular flexibility index (Phi) is 6.76. The van der Waals surface area contributed by atoms with Crippen LogP contribution in [0.25, 0.3) is 21.5 Å². The molecular formula is C30H30N2O4. The maximum atomic E-state index is 13.0. The van der Waals surface area contributed by atoms with Gasteiger partial charge in [-0.25, -0.2) is 0 Å². The predicted molar refractivity (Wildman–Crippen MR) is 141 cm³/mol. The first-order chi connectivity index (χ1) is 17.5. The van der Waals surface area contributed by atoms with E-state index >= 15 is 0 Å². The molecule has 0 aromatic heterocycles. The second-order valence-corrected chi connectivity index (χ2v) is 9.39. The molecule has 0 aliphatic carbocycles. The van der Waals surface area contributed by atoms with E-state index in [1.807, 2.05) is 98.8 Å². The van der Waals surface area contributed by atoms with Gasteiger partial charge >= 0.3 is 0 Å². The fraction of sp³-hybridized carbons (Fsp3) is 0.267. The van der Waals surface area contributed by atoms with Crippen LogP contribution in [0.2, 0.25) is 0 Å². The van der Waals surface area contributed by atoms with Gasteiger partial charge in [0.25, 0.3) is 11.8 Å². The molecule has 1 aliphatic heterocycles. The number of carbonyl (C=O) groups is 2. The van der Waals surface area contributed by atoms with Crippen LogP contribution in [0, 0.1) is 0 Å². The summed E-state index contributed by atoms with van der Waals surface area (Å²) in [4.78, 5) is 29.5. The Morgan fingerprint density at radius 2 is 1.03 bits per heavy atom. The van der Waals surface area contributed by atoms with Crippen molar-refractivity contribution in [1.29, 1.82) is 0 Å². The Morgan fingerprint density at radius 3 is 1.44 bits per heavy atom. The number of carbonyl (C=O) groups excluding carboxylic acids is 2. The fourth-order valence-corrected chi connectivity index (χ4v) is 4.79. The van der Waals surface area contributed by atoms with Crippen molar-refractivity contribution in [2.24, 2.45) is 0 Å². The first-order valence-electron chi connectivity index (χ1n) is 12.3. The maximum absolute atomic E-state index is 13.0. The molecule has 0 spiro atoms. The van der Waals surface area contributed by atoms with Crippen LogP contribution in [0.1, 0.15) is 13.8 Å². The van der Waals surface area contributed by atoms with E-state index in [9.17, 15) is 9.59 Å². The van der Waals surface area contributed by atoms with Gasteiger partial charge in [0.05, 0.1) is 0 Å². The maximum Gasteiger partial charge on any atom is 0.260 e. The SMILES string of the molecule is CC1CN(C(=O)COc2ccc3ccccc3c2)C(C)CN1C(=O)COc1ccc2ccccc2c1. The lowest BCUT2D eigenvalue weighted by Gasteiger charge is -2.44. The molecule has 6 heteroatoms. The van der Waals surface area contributed by atoms with Gasteiger partial charge in [-0.2, -0.15) is 0 Å². The van der Waals surface area contributed by atoms with Crippen LogP contribution in [0.15, 0.2) is 84.9 Å². The number of nitrogens with zero attached hydrogens (tertiary/aromatic N) is 2. The third-order valence-corrected chi connectivity index (χ3v) is 6.79. The first-order valence-corrected chi connectivity index (χ1v) is 12.3. The number of ether oxygens (including phenoxy) is 2. The zero-order valence-electron chi connectivity index (χ0n) is 20.6. The molecule has 6 nitrogen and oxygen atoms in total. The standard InChI is InChI=1S/C30H30N2O4/c1-21-17-32(30(34)20-36-28-14-12-24-8-4-6-10-26(24)16-28)22(2)18-31(21)29(33)19-35-27-13-11-23-7-3-5-9-25(23)15-27/h3-16,21-22H,17-20H2,1-2H3. The van der Waals surface area contributed by atoms with Crippen LogP contribution in [-0.2, 0) is 9.59 Å². The molecule has 4 aromatic rings. The van der Waals surface area contributed by atoms with Gasteiger partial charge < -0.3 is 19.3 Å². The number of rotatable bonds is 6. The molecule has 0 saturated carbocycles. The Balaban J connectivity index is 1.15. The second kappa shape index (κ2) is 10.3. The summed E-state index contributed by atoms with van der Waals surface area (Å²) in [6.45, 7) is 4.78. The van der Waals surface area contributed by atoms with Crippen LogP contribution in [-0.4, -0.2) is 60.0 Å². The number of piperazine rings is 1. The highest BCUT2D eigenvalue weighted by Crippen LogP contribution is 2.23. The number of amides is 2. The van der Waals surface area contributed by atoms with Crippen LogP contribution in [0.4, 0.5) is 0 Å². The monoisotopic (exact) mass is 482 g/mol. The highest BCUT2D eigenvalue weighted by Gasteiger charge is 2.34. The molecule has 36 heavy (non-hydrogen) atoms. The summed E-state index contributed by atoms with van der Waals surface area (Å²) in [5.74, 6) is 1.17. The minimum absolute atomic E-state index is 0.0333. The molecule has 0 radical (unpaired) electrons. The fourth-order valence-electron chi connectivity index (χ4n) is 4.79. The lowest BCUT2D eigenvalue weighted by molar-refractivity contribution is -0.148. The molecule has 2 amide bonds. The molecule has 5 rings (SSSR count). The Morgan fingerprint density at radius 1 is 0.639 bits per heavy atom. The van der Waals surface area contributed by atoms with Crippen molar-refractivity contribution in [3.05, 3.63) is 84.9 Å². The van der Waals surface area contributed by atoms with Gasteiger partial charge in [-0.05, 0) is 59.7 Å². The zero-order chi connectivity index (χ0) is 25.1. The third-order valence-electron chi connectivity index (χ3n) is 6.79. The van der Waals surface area contributed by atoms with E-state index in [0.29, 0.717) is 24.6 Å². The molecule has 1 saturated heterocycles. The van der Waals surface area contributed by atoms with Gasteiger partial charge in [0, 0.05) is 25.2 Å². The highest BCUT2D eigenvalue weighted by atomic mass is 16.5. The van der Waals surface area contributed by atoms with Crippen molar-refractivity contribution in [3.63, 3.8) is 0 Å². The van der Waals surface area contributed by atoms with Crippen molar-refractivity contribution in [1.82, 2.24) is 9.80 Å². The smallest absolute Gasteiger partial charge is 0.260 e.